The van der Waals surface area contributed by atoms with E-state index in [2.05, 4.69) is 15.5 Å². The van der Waals surface area contributed by atoms with Crippen molar-refractivity contribution < 1.29 is 41.3 Å². The van der Waals surface area contributed by atoms with Crippen molar-refractivity contribution >= 4 is 29.0 Å². The number of aromatic nitrogens is 2. The standard InChI is InChI=1S/C35H28F5N3O4S2/c1-18-42-43-35(49-18)48-17-24-14-26(21-8-6-19(16-44)7-9-21)47-34(46-24)22-12-10-20(11-13-22)25-5-3-2-4-23(25)15-41-33(45)27-28(36)30(38)32(40)31(39)29(27)37/h2-13,24,26,34,44H,14-17H2,1H3,(H,41,45). The van der Waals surface area contributed by atoms with Crippen LogP contribution in [0.4, 0.5) is 22.0 Å². The summed E-state index contributed by atoms with van der Waals surface area (Å²) in [5.74, 6) is -12.0. The lowest BCUT2D eigenvalue weighted by Crippen LogP contribution is -2.31. The average molecular weight is 714 g/mol. The molecule has 1 fully saturated rings. The number of aliphatic hydroxyl groups is 1. The molecule has 0 saturated carbocycles. The number of carbonyl (C=O) groups excluding carboxylic acids is 1. The van der Waals surface area contributed by atoms with Crippen molar-refractivity contribution in [3.8, 4) is 11.1 Å². The maximum Gasteiger partial charge on any atom is 0.257 e. The Morgan fingerprint density at radius 1 is 0.878 bits per heavy atom. The van der Waals surface area contributed by atoms with Gasteiger partial charge in [0.15, 0.2) is 33.9 Å². The molecule has 0 aliphatic carbocycles. The van der Waals surface area contributed by atoms with Crippen LogP contribution in [0.1, 0.15) is 56.4 Å². The molecule has 5 aromatic rings. The van der Waals surface area contributed by atoms with Crippen molar-refractivity contribution in [2.75, 3.05) is 5.75 Å². The Morgan fingerprint density at radius 2 is 1.53 bits per heavy atom. The molecule has 0 bridgehead atoms. The summed E-state index contributed by atoms with van der Waals surface area (Å²) in [6, 6.07) is 21.8. The maximum atomic E-state index is 14.2. The molecule has 0 radical (unpaired) electrons. The van der Waals surface area contributed by atoms with E-state index in [1.807, 2.05) is 55.5 Å². The van der Waals surface area contributed by atoms with Crippen molar-refractivity contribution in [3.05, 3.63) is 135 Å². The van der Waals surface area contributed by atoms with Gasteiger partial charge >= 0.3 is 0 Å². The molecule has 49 heavy (non-hydrogen) atoms. The van der Waals surface area contributed by atoms with Crippen molar-refractivity contribution in [1.82, 2.24) is 15.5 Å². The molecule has 1 aromatic heterocycles. The van der Waals surface area contributed by atoms with Crippen LogP contribution in [-0.4, -0.2) is 33.1 Å². The van der Waals surface area contributed by atoms with E-state index in [0.29, 0.717) is 23.3 Å². The minimum Gasteiger partial charge on any atom is -0.392 e. The Morgan fingerprint density at radius 3 is 2.18 bits per heavy atom. The van der Waals surface area contributed by atoms with Crippen LogP contribution in [0.5, 0.6) is 0 Å². The number of benzene rings is 4. The summed E-state index contributed by atoms with van der Waals surface area (Å²) in [6.07, 6.45) is -0.572. The van der Waals surface area contributed by atoms with Crippen LogP contribution in [0.25, 0.3) is 11.1 Å². The summed E-state index contributed by atoms with van der Waals surface area (Å²) in [5.41, 5.74) is 2.87. The summed E-state index contributed by atoms with van der Waals surface area (Å²) in [7, 11) is 0. The minimum absolute atomic E-state index is 0.0642. The highest BCUT2D eigenvalue weighted by Gasteiger charge is 2.33. The molecule has 0 spiro atoms. The predicted molar refractivity (Wildman–Crippen MR) is 173 cm³/mol. The lowest BCUT2D eigenvalue weighted by molar-refractivity contribution is -0.245. The first-order valence-electron chi connectivity index (χ1n) is 15.0. The summed E-state index contributed by atoms with van der Waals surface area (Å²) < 4.78 is 82.9. The molecule has 2 heterocycles. The smallest absolute Gasteiger partial charge is 0.257 e. The number of aryl methyl sites for hydroxylation is 1. The van der Waals surface area contributed by atoms with Gasteiger partial charge in [-0.3, -0.25) is 4.79 Å². The van der Waals surface area contributed by atoms with Crippen LogP contribution in [0.2, 0.25) is 0 Å². The molecule has 1 aliphatic heterocycles. The second-order valence-corrected chi connectivity index (χ2v) is 13.6. The fraction of sp³-hybridized carbons (Fsp3) is 0.229. The van der Waals surface area contributed by atoms with E-state index >= 15 is 0 Å². The van der Waals surface area contributed by atoms with Gasteiger partial charge in [0.05, 0.1) is 18.8 Å². The van der Waals surface area contributed by atoms with Crippen LogP contribution in [0.15, 0.2) is 77.1 Å². The van der Waals surface area contributed by atoms with Gasteiger partial charge in [0.2, 0.25) is 5.82 Å². The Hall–Kier alpha value is -4.21. The number of carbonyl (C=O) groups is 1. The minimum atomic E-state index is -2.34. The van der Waals surface area contributed by atoms with Gasteiger partial charge in [0, 0.05) is 24.3 Å². The van der Waals surface area contributed by atoms with Crippen LogP contribution in [-0.2, 0) is 22.6 Å². The lowest BCUT2D eigenvalue weighted by atomic mass is 9.97. The number of hydrogen-bond acceptors (Lipinski definition) is 8. The van der Waals surface area contributed by atoms with Gasteiger partial charge < -0.3 is 19.9 Å². The zero-order valence-corrected chi connectivity index (χ0v) is 27.4. The number of rotatable bonds is 10. The molecule has 3 unspecified atom stereocenters. The van der Waals surface area contributed by atoms with E-state index in [4.69, 9.17) is 9.47 Å². The Balaban J connectivity index is 1.19. The normalized spacial score (nSPS) is 17.7. The van der Waals surface area contributed by atoms with Crippen LogP contribution in [0.3, 0.4) is 0 Å². The van der Waals surface area contributed by atoms with Gasteiger partial charge in [-0.05, 0) is 34.7 Å². The fourth-order valence-electron chi connectivity index (χ4n) is 5.37. The van der Waals surface area contributed by atoms with E-state index in [-0.39, 0.29) is 25.4 Å². The Kier molecular flexibility index (Phi) is 10.7. The second kappa shape index (κ2) is 15.1. The molecule has 6 rings (SSSR count). The lowest BCUT2D eigenvalue weighted by Gasteiger charge is -2.36. The SMILES string of the molecule is Cc1nnc(SCC2CC(c3ccc(CO)cc3)OC(c3ccc(-c4ccccc4CNC(=O)c4c(F)c(F)c(F)c(F)c4F)cc3)O2)s1. The zero-order valence-electron chi connectivity index (χ0n) is 25.8. The van der Waals surface area contributed by atoms with Gasteiger partial charge in [-0.25, -0.2) is 22.0 Å². The zero-order chi connectivity index (χ0) is 34.7. The van der Waals surface area contributed by atoms with Crippen LogP contribution >= 0.6 is 23.1 Å². The van der Waals surface area contributed by atoms with Crippen LogP contribution in [0, 0.1) is 36.0 Å². The first-order valence-corrected chi connectivity index (χ1v) is 16.8. The molecule has 254 valence electrons. The number of halogens is 5. The quantitative estimate of drug-likeness (QED) is 0.0657. The molecule has 4 aromatic carbocycles. The molecule has 14 heteroatoms. The van der Waals surface area contributed by atoms with E-state index in [1.54, 1.807) is 36.0 Å². The molecule has 1 saturated heterocycles. The largest absolute Gasteiger partial charge is 0.392 e. The molecule has 2 N–H and O–H groups in total. The highest BCUT2D eigenvalue weighted by Crippen LogP contribution is 2.40. The third-order valence-corrected chi connectivity index (χ3v) is 10.0. The third-order valence-electron chi connectivity index (χ3n) is 7.90. The molecular weight excluding hydrogens is 686 g/mol. The first kappa shape index (κ1) is 34.6. The summed E-state index contributed by atoms with van der Waals surface area (Å²) in [4.78, 5) is 12.6. The summed E-state index contributed by atoms with van der Waals surface area (Å²) in [6.45, 7) is 1.58. The molecule has 1 aliphatic rings. The second-order valence-electron chi connectivity index (χ2n) is 11.2. The Bertz CT molecular complexity index is 1930. The van der Waals surface area contributed by atoms with Crippen molar-refractivity contribution in [2.24, 2.45) is 0 Å². The number of thioether (sulfide) groups is 1. The highest BCUT2D eigenvalue weighted by atomic mass is 32.2. The summed E-state index contributed by atoms with van der Waals surface area (Å²) in [5, 5.41) is 20.9. The van der Waals surface area contributed by atoms with E-state index < -0.39 is 46.8 Å². The first-order chi connectivity index (χ1) is 23.6. The average Bonchev–Trinajstić information content (AvgIpc) is 3.56. The maximum absolute atomic E-state index is 14.2. The predicted octanol–water partition coefficient (Wildman–Crippen LogP) is 7.97. The van der Waals surface area contributed by atoms with E-state index in [1.165, 1.54) is 11.3 Å². The molecule has 1 amide bonds. The third kappa shape index (κ3) is 7.68. The molecule has 3 atom stereocenters. The highest BCUT2D eigenvalue weighted by molar-refractivity contribution is 8.01. The van der Waals surface area contributed by atoms with Gasteiger partial charge in [-0.1, -0.05) is 95.9 Å². The number of ether oxygens (including phenoxy) is 2. The number of nitrogens with one attached hydrogen (secondary N) is 1. The molecule has 7 nitrogen and oxygen atoms in total. The number of aliphatic hydroxyl groups excluding tert-OH is 1. The Labute approximate surface area is 286 Å². The number of nitrogens with zero attached hydrogens (tertiary/aromatic N) is 2. The van der Waals surface area contributed by atoms with Crippen molar-refractivity contribution in [2.45, 2.75) is 49.3 Å². The summed E-state index contributed by atoms with van der Waals surface area (Å²) >= 11 is 3.08. The number of hydrogen-bond donors (Lipinski definition) is 2. The van der Waals surface area contributed by atoms with Crippen LogP contribution < -0.4 is 5.32 Å². The van der Waals surface area contributed by atoms with E-state index in [0.717, 1.165) is 31.6 Å². The van der Waals surface area contributed by atoms with Crippen molar-refractivity contribution in [1.29, 1.82) is 0 Å². The van der Waals surface area contributed by atoms with E-state index in [9.17, 15) is 31.9 Å². The molecular formula is C35H28F5N3O4S2. The van der Waals surface area contributed by atoms with Crippen molar-refractivity contribution in [3.63, 3.8) is 0 Å². The number of amides is 1. The van der Waals surface area contributed by atoms with Gasteiger partial charge in [0.1, 0.15) is 10.6 Å². The van der Waals surface area contributed by atoms with Gasteiger partial charge in [0.25, 0.3) is 5.91 Å². The van der Waals surface area contributed by atoms with Gasteiger partial charge in [-0.15, -0.1) is 10.2 Å². The fourth-order valence-corrected chi connectivity index (χ4v) is 7.23. The monoisotopic (exact) mass is 713 g/mol. The topological polar surface area (TPSA) is 93.6 Å². The van der Waals surface area contributed by atoms with Gasteiger partial charge in [-0.2, -0.15) is 0 Å².